The first-order valence-electron chi connectivity index (χ1n) is 6.00. The van der Waals surface area contributed by atoms with E-state index in [0.717, 1.165) is 19.4 Å². The molecule has 0 saturated heterocycles. The molecule has 0 aromatic carbocycles. The largest absolute Gasteiger partial charge is 0.385 e. The molecule has 0 spiro atoms. The molecule has 0 aliphatic carbocycles. The van der Waals surface area contributed by atoms with Gasteiger partial charge in [-0.3, -0.25) is 4.79 Å². The lowest BCUT2D eigenvalue weighted by Gasteiger charge is -2.14. The first-order chi connectivity index (χ1) is 8.69. The Bertz CT molecular complexity index is 370. The van der Waals surface area contributed by atoms with E-state index in [2.05, 4.69) is 22.4 Å². The number of carbonyl (C=O) groups excluding carboxylic acids is 1. The fourth-order valence-corrected chi connectivity index (χ4v) is 2.09. The van der Waals surface area contributed by atoms with Crippen molar-refractivity contribution >= 4 is 22.4 Å². The van der Waals surface area contributed by atoms with E-state index in [1.54, 1.807) is 19.1 Å². The summed E-state index contributed by atoms with van der Waals surface area (Å²) in [5.74, 6) is -0.0897. The van der Waals surface area contributed by atoms with Gasteiger partial charge in [-0.25, -0.2) is 0 Å². The first kappa shape index (κ1) is 14.8. The molecule has 1 rings (SSSR count). The van der Waals surface area contributed by atoms with Gasteiger partial charge < -0.3 is 15.0 Å². The van der Waals surface area contributed by atoms with Gasteiger partial charge in [0.2, 0.25) is 10.1 Å². The van der Waals surface area contributed by atoms with E-state index in [1.807, 2.05) is 0 Å². The van der Waals surface area contributed by atoms with Crippen molar-refractivity contribution in [3.63, 3.8) is 0 Å². The molecule has 18 heavy (non-hydrogen) atoms. The Kier molecular flexibility index (Phi) is 6.59. The highest BCUT2D eigenvalue weighted by atomic mass is 32.1. The molecular weight excluding hydrogens is 252 g/mol. The van der Waals surface area contributed by atoms with Crippen molar-refractivity contribution < 1.29 is 9.53 Å². The number of rotatable bonds is 8. The summed E-state index contributed by atoms with van der Waals surface area (Å²) in [6.07, 6.45) is 1.83. The molecule has 0 saturated carbocycles. The fraction of sp³-hybridized carbons (Fsp3) is 0.727. The van der Waals surface area contributed by atoms with E-state index in [1.165, 1.54) is 11.3 Å². The normalized spacial score (nSPS) is 10.4. The Morgan fingerprint density at radius 1 is 1.50 bits per heavy atom. The van der Waals surface area contributed by atoms with Gasteiger partial charge in [0.1, 0.15) is 0 Å². The number of methoxy groups -OCH3 is 1. The molecule has 0 bridgehead atoms. The van der Waals surface area contributed by atoms with E-state index in [0.29, 0.717) is 23.3 Å². The molecule has 0 aliphatic rings. The molecule has 0 aliphatic heterocycles. The first-order valence-corrected chi connectivity index (χ1v) is 6.82. The second kappa shape index (κ2) is 7.99. The summed E-state index contributed by atoms with van der Waals surface area (Å²) in [5, 5.41) is 12.1. The fourth-order valence-electron chi connectivity index (χ4n) is 1.32. The summed E-state index contributed by atoms with van der Waals surface area (Å²) in [4.78, 5) is 13.6. The Morgan fingerprint density at radius 3 is 2.94 bits per heavy atom. The van der Waals surface area contributed by atoms with Crippen molar-refractivity contribution in [1.82, 2.24) is 15.1 Å². The average molecular weight is 272 g/mol. The van der Waals surface area contributed by atoms with E-state index in [9.17, 15) is 4.79 Å². The number of aromatic nitrogens is 2. The van der Waals surface area contributed by atoms with E-state index in [4.69, 9.17) is 4.74 Å². The van der Waals surface area contributed by atoms with Crippen molar-refractivity contribution in [2.45, 2.75) is 19.8 Å². The smallest absolute Gasteiger partial charge is 0.284 e. The number of anilines is 1. The number of amides is 1. The Morgan fingerprint density at radius 2 is 2.28 bits per heavy atom. The SMILES string of the molecule is CCCNc1nnc(C(=O)N(C)CCCOC)s1. The van der Waals surface area contributed by atoms with Crippen LogP contribution in [0.3, 0.4) is 0 Å². The molecular formula is C11H20N4O2S. The van der Waals surface area contributed by atoms with Crippen LogP contribution in [-0.4, -0.2) is 54.9 Å². The minimum absolute atomic E-state index is 0.0897. The zero-order chi connectivity index (χ0) is 13.4. The molecule has 0 unspecified atom stereocenters. The van der Waals surface area contributed by atoms with Crippen LogP contribution in [0.2, 0.25) is 0 Å². The third kappa shape index (κ3) is 4.58. The molecule has 1 N–H and O–H groups in total. The molecule has 6 nitrogen and oxygen atoms in total. The van der Waals surface area contributed by atoms with Crippen LogP contribution >= 0.6 is 11.3 Å². The highest BCUT2D eigenvalue weighted by Crippen LogP contribution is 2.16. The molecule has 1 aromatic heterocycles. The molecule has 1 heterocycles. The summed E-state index contributed by atoms with van der Waals surface area (Å²) in [7, 11) is 3.41. The quantitative estimate of drug-likeness (QED) is 0.726. The van der Waals surface area contributed by atoms with Gasteiger partial charge in [0, 0.05) is 33.9 Å². The van der Waals surface area contributed by atoms with Crippen LogP contribution in [0, 0.1) is 0 Å². The summed E-state index contributed by atoms with van der Waals surface area (Å²) >= 11 is 1.29. The average Bonchev–Trinajstić information content (AvgIpc) is 2.84. The van der Waals surface area contributed by atoms with Gasteiger partial charge in [-0.1, -0.05) is 18.3 Å². The number of carbonyl (C=O) groups is 1. The van der Waals surface area contributed by atoms with Gasteiger partial charge in [-0.2, -0.15) is 0 Å². The maximum atomic E-state index is 12.0. The van der Waals surface area contributed by atoms with Crippen LogP contribution < -0.4 is 5.32 Å². The summed E-state index contributed by atoms with van der Waals surface area (Å²) in [6, 6.07) is 0. The maximum absolute atomic E-state index is 12.0. The summed E-state index contributed by atoms with van der Waals surface area (Å²) in [5.41, 5.74) is 0. The van der Waals surface area contributed by atoms with E-state index < -0.39 is 0 Å². The van der Waals surface area contributed by atoms with Crippen molar-refractivity contribution in [3.05, 3.63) is 5.01 Å². The van der Waals surface area contributed by atoms with Crippen LogP contribution in [0.5, 0.6) is 0 Å². The summed E-state index contributed by atoms with van der Waals surface area (Å²) < 4.78 is 4.95. The standard InChI is InChI=1S/C11H20N4O2S/c1-4-6-12-11-14-13-9(18-11)10(16)15(2)7-5-8-17-3/h4-8H2,1-3H3,(H,12,14). The van der Waals surface area contributed by atoms with Crippen molar-refractivity contribution in [3.8, 4) is 0 Å². The number of nitrogens with one attached hydrogen (secondary N) is 1. The second-order valence-corrected chi connectivity index (χ2v) is 4.89. The number of nitrogens with zero attached hydrogens (tertiary/aromatic N) is 3. The zero-order valence-corrected chi connectivity index (χ0v) is 11.9. The number of ether oxygens (including phenoxy) is 1. The molecule has 1 aromatic rings. The van der Waals surface area contributed by atoms with Gasteiger partial charge in [0.25, 0.3) is 5.91 Å². The second-order valence-electron chi connectivity index (χ2n) is 3.91. The molecule has 0 atom stereocenters. The van der Waals surface area contributed by atoms with Crippen LogP contribution in [-0.2, 0) is 4.74 Å². The number of hydrogen-bond donors (Lipinski definition) is 1. The molecule has 0 fully saturated rings. The molecule has 7 heteroatoms. The van der Waals surface area contributed by atoms with Gasteiger partial charge in [-0.05, 0) is 12.8 Å². The Labute approximate surface area is 111 Å². The van der Waals surface area contributed by atoms with Crippen molar-refractivity contribution in [2.24, 2.45) is 0 Å². The van der Waals surface area contributed by atoms with Crippen LogP contribution in [0.15, 0.2) is 0 Å². The zero-order valence-electron chi connectivity index (χ0n) is 11.1. The van der Waals surface area contributed by atoms with Gasteiger partial charge >= 0.3 is 0 Å². The molecule has 0 radical (unpaired) electrons. The van der Waals surface area contributed by atoms with Gasteiger partial charge in [0.15, 0.2) is 0 Å². The summed E-state index contributed by atoms with van der Waals surface area (Å²) in [6.45, 7) is 4.22. The molecule has 1 amide bonds. The maximum Gasteiger partial charge on any atom is 0.284 e. The van der Waals surface area contributed by atoms with E-state index in [-0.39, 0.29) is 5.91 Å². The van der Waals surface area contributed by atoms with Crippen LogP contribution in [0.25, 0.3) is 0 Å². The van der Waals surface area contributed by atoms with Gasteiger partial charge in [0.05, 0.1) is 0 Å². The van der Waals surface area contributed by atoms with Crippen molar-refractivity contribution in [2.75, 3.05) is 39.2 Å². The lowest BCUT2D eigenvalue weighted by Crippen LogP contribution is -2.28. The van der Waals surface area contributed by atoms with Crippen molar-refractivity contribution in [1.29, 1.82) is 0 Å². The minimum atomic E-state index is -0.0897. The highest BCUT2D eigenvalue weighted by molar-refractivity contribution is 7.17. The van der Waals surface area contributed by atoms with Gasteiger partial charge in [-0.15, -0.1) is 10.2 Å². The Balaban J connectivity index is 2.47. The topological polar surface area (TPSA) is 67.4 Å². The lowest BCUT2D eigenvalue weighted by molar-refractivity contribution is 0.0778. The Hall–Kier alpha value is -1.21. The third-order valence-corrected chi connectivity index (χ3v) is 3.19. The third-order valence-electron chi connectivity index (χ3n) is 2.32. The predicted molar refractivity (Wildman–Crippen MR) is 72.1 cm³/mol. The monoisotopic (exact) mass is 272 g/mol. The minimum Gasteiger partial charge on any atom is -0.385 e. The van der Waals surface area contributed by atoms with Crippen LogP contribution in [0.1, 0.15) is 29.6 Å². The number of hydrogen-bond acceptors (Lipinski definition) is 6. The van der Waals surface area contributed by atoms with E-state index >= 15 is 0 Å². The highest BCUT2D eigenvalue weighted by Gasteiger charge is 2.16. The lowest BCUT2D eigenvalue weighted by atomic mass is 10.4. The predicted octanol–water partition coefficient (Wildman–Crippen LogP) is 1.47. The molecule has 102 valence electrons. The van der Waals surface area contributed by atoms with Crippen LogP contribution in [0.4, 0.5) is 5.13 Å².